The van der Waals surface area contributed by atoms with Crippen molar-refractivity contribution in [1.29, 1.82) is 0 Å². The van der Waals surface area contributed by atoms with Gasteiger partial charge in [-0.05, 0) is 0 Å². The average Bonchev–Trinajstić information content (AvgIpc) is 0. The van der Waals surface area contributed by atoms with Crippen molar-refractivity contribution in [2.24, 2.45) is 0 Å². The van der Waals surface area contributed by atoms with Crippen LogP contribution in [0.1, 0.15) is 0 Å². The Morgan fingerprint density at radius 1 is 0.375 bits per heavy atom. The molecule has 7 nitrogen and oxygen atoms in total. The summed E-state index contributed by atoms with van der Waals surface area (Å²) in [4.78, 5) is 0. The maximum atomic E-state index is 0. The van der Waals surface area contributed by atoms with Crippen molar-refractivity contribution in [1.82, 2.24) is 6.15 Å². The first-order valence-electron chi connectivity index (χ1n) is 0. The fraction of sp³-hybridized carbons (Fsp3) is 0. The molecule has 0 aromatic heterocycles. The maximum Gasteiger partial charge on any atom is 2.00 e. The molecule has 0 aromatic carbocycles. The summed E-state index contributed by atoms with van der Waals surface area (Å²) in [5, 5.41) is 0. The molecular formula is H15FeNO6+2. The molecule has 0 atom stereocenters. The summed E-state index contributed by atoms with van der Waals surface area (Å²) in [6, 6.07) is 0. The fourth-order valence-electron chi connectivity index (χ4n) is 0. The van der Waals surface area contributed by atoms with E-state index in [9.17, 15) is 0 Å². The van der Waals surface area contributed by atoms with Crippen molar-refractivity contribution in [3.63, 3.8) is 0 Å². The van der Waals surface area contributed by atoms with Crippen LogP contribution in [0.15, 0.2) is 0 Å². The predicted octanol–water partition coefficient (Wildman–Crippen LogP) is -4.79. The topological polar surface area (TPSA) is 224 Å². The van der Waals surface area contributed by atoms with Gasteiger partial charge in [-0.1, -0.05) is 0 Å². The molecular weight excluding hydrogens is 166 g/mol. The van der Waals surface area contributed by atoms with Crippen molar-refractivity contribution in [2.45, 2.75) is 0 Å². The zero-order chi connectivity index (χ0) is 0. The van der Waals surface area contributed by atoms with E-state index < -0.39 is 0 Å². The second kappa shape index (κ2) is 4910. The molecule has 15 N–H and O–H groups in total. The molecule has 0 unspecified atom stereocenters. The van der Waals surface area contributed by atoms with Crippen LogP contribution in [-0.2, 0) is 17.1 Å². The Balaban J connectivity index is 0. The third-order valence-corrected chi connectivity index (χ3v) is 0. The summed E-state index contributed by atoms with van der Waals surface area (Å²) in [7, 11) is 0. The minimum absolute atomic E-state index is 0. The molecule has 62 valence electrons. The second-order valence-corrected chi connectivity index (χ2v) is 0. The first-order valence-corrected chi connectivity index (χ1v) is 0. The first kappa shape index (κ1) is 7530. The van der Waals surface area contributed by atoms with E-state index in [0.717, 1.165) is 0 Å². The average molecular weight is 181 g/mol. The minimum Gasteiger partial charge on any atom is -0.412 e. The Bertz CT molecular complexity index is 8.49. The Kier molecular flexibility index (Phi) is 4630000. The van der Waals surface area contributed by atoms with Crippen molar-refractivity contribution in [3.8, 4) is 0 Å². The zero-order valence-corrected chi connectivity index (χ0v) is 5.16. The standard InChI is InChI=1S/Fe.H3N.6H2O/h;1H3;6*1H2/q+2;;;;;;;. The monoisotopic (exact) mass is 181 g/mol. The normalized spacial score (nSPS) is 0. The molecule has 0 aliphatic heterocycles. The van der Waals surface area contributed by atoms with E-state index in [0.29, 0.717) is 0 Å². The van der Waals surface area contributed by atoms with Gasteiger partial charge in [0.2, 0.25) is 0 Å². The molecule has 0 aromatic rings. The van der Waals surface area contributed by atoms with Gasteiger partial charge in [0.1, 0.15) is 0 Å². The maximum absolute atomic E-state index is 0. The Labute approximate surface area is 57.0 Å². The summed E-state index contributed by atoms with van der Waals surface area (Å²) in [6.07, 6.45) is 0. The van der Waals surface area contributed by atoms with E-state index in [-0.39, 0.29) is 56.1 Å². The van der Waals surface area contributed by atoms with Gasteiger partial charge in [0.25, 0.3) is 0 Å². The minimum atomic E-state index is 0. The fourth-order valence-corrected chi connectivity index (χ4v) is 0. The van der Waals surface area contributed by atoms with E-state index in [4.69, 9.17) is 0 Å². The van der Waals surface area contributed by atoms with Crippen molar-refractivity contribution < 1.29 is 49.9 Å². The SMILES string of the molecule is N.O.O.O.O.O.O.[Fe+2]. The van der Waals surface area contributed by atoms with Gasteiger partial charge in [-0.3, -0.25) is 0 Å². The van der Waals surface area contributed by atoms with Gasteiger partial charge >= 0.3 is 17.1 Å². The molecule has 8 heavy (non-hydrogen) atoms. The van der Waals surface area contributed by atoms with Gasteiger partial charge < -0.3 is 39.0 Å². The number of hydrogen-bond donors (Lipinski definition) is 1. The Morgan fingerprint density at radius 2 is 0.375 bits per heavy atom. The van der Waals surface area contributed by atoms with Crippen molar-refractivity contribution in [2.75, 3.05) is 0 Å². The van der Waals surface area contributed by atoms with Crippen LogP contribution in [0, 0.1) is 0 Å². The van der Waals surface area contributed by atoms with Crippen LogP contribution in [0.25, 0.3) is 0 Å². The molecule has 0 aliphatic rings. The van der Waals surface area contributed by atoms with Crippen LogP contribution < -0.4 is 6.15 Å². The molecule has 0 spiro atoms. The van der Waals surface area contributed by atoms with Crippen LogP contribution in [0.3, 0.4) is 0 Å². The molecule has 0 fully saturated rings. The molecule has 0 bridgehead atoms. The molecule has 8 heteroatoms. The number of hydrogen-bond acceptors (Lipinski definition) is 1. The summed E-state index contributed by atoms with van der Waals surface area (Å²) >= 11 is 0. The third kappa shape index (κ3) is 2990. The van der Waals surface area contributed by atoms with E-state index in [1.165, 1.54) is 0 Å². The molecule has 0 radical (unpaired) electrons. The molecule has 0 saturated heterocycles. The second-order valence-electron chi connectivity index (χ2n) is 0. The third-order valence-electron chi connectivity index (χ3n) is 0. The van der Waals surface area contributed by atoms with E-state index in [2.05, 4.69) is 0 Å². The van der Waals surface area contributed by atoms with Gasteiger partial charge in [0.05, 0.1) is 0 Å². The molecule has 0 amide bonds. The first-order chi connectivity index (χ1) is 0. The van der Waals surface area contributed by atoms with Gasteiger partial charge in [-0.2, -0.15) is 0 Å². The summed E-state index contributed by atoms with van der Waals surface area (Å²) in [6.45, 7) is 0. The summed E-state index contributed by atoms with van der Waals surface area (Å²) in [5.41, 5.74) is 0. The van der Waals surface area contributed by atoms with E-state index >= 15 is 0 Å². The van der Waals surface area contributed by atoms with Crippen LogP contribution in [0.2, 0.25) is 0 Å². The Hall–Kier alpha value is 0.239. The van der Waals surface area contributed by atoms with Gasteiger partial charge in [-0.15, -0.1) is 0 Å². The summed E-state index contributed by atoms with van der Waals surface area (Å²) < 4.78 is 0. The Morgan fingerprint density at radius 3 is 0.375 bits per heavy atom. The smallest absolute Gasteiger partial charge is 0.412 e. The molecule has 0 aliphatic carbocycles. The van der Waals surface area contributed by atoms with E-state index in [1.54, 1.807) is 0 Å². The van der Waals surface area contributed by atoms with Gasteiger partial charge in [0.15, 0.2) is 0 Å². The van der Waals surface area contributed by atoms with Crippen LogP contribution in [0.5, 0.6) is 0 Å². The molecule has 0 heterocycles. The summed E-state index contributed by atoms with van der Waals surface area (Å²) in [5.74, 6) is 0. The van der Waals surface area contributed by atoms with Gasteiger partial charge in [0, 0.05) is 0 Å². The van der Waals surface area contributed by atoms with Crippen LogP contribution >= 0.6 is 0 Å². The molecule has 0 rings (SSSR count). The van der Waals surface area contributed by atoms with Crippen molar-refractivity contribution >= 4 is 0 Å². The van der Waals surface area contributed by atoms with Crippen LogP contribution in [-0.4, -0.2) is 32.9 Å². The quantitative estimate of drug-likeness (QED) is 0.356. The largest absolute Gasteiger partial charge is 2.00 e. The van der Waals surface area contributed by atoms with E-state index in [1.807, 2.05) is 0 Å². The van der Waals surface area contributed by atoms with Gasteiger partial charge in [-0.25, -0.2) is 0 Å². The predicted molar refractivity (Wildman–Crippen MR) is 26.7 cm³/mol. The van der Waals surface area contributed by atoms with Crippen molar-refractivity contribution in [3.05, 3.63) is 0 Å². The molecule has 0 saturated carbocycles. The van der Waals surface area contributed by atoms with Crippen LogP contribution in [0.4, 0.5) is 0 Å². The zero-order valence-electron chi connectivity index (χ0n) is 4.06. The number of rotatable bonds is 0.